The lowest BCUT2D eigenvalue weighted by molar-refractivity contribution is -0.120. The molecular formula is C20H26N2O3. The fraction of sp³-hybridized carbons (Fsp3) is 0.350. The highest BCUT2D eigenvalue weighted by Gasteiger charge is 2.08. The van der Waals surface area contributed by atoms with Crippen molar-refractivity contribution in [3.63, 3.8) is 0 Å². The maximum atomic E-state index is 12.2. The smallest absolute Gasteiger partial charge is 0.224 e. The molecule has 0 spiro atoms. The van der Waals surface area contributed by atoms with Gasteiger partial charge in [-0.15, -0.1) is 0 Å². The van der Waals surface area contributed by atoms with E-state index in [9.17, 15) is 4.79 Å². The van der Waals surface area contributed by atoms with Gasteiger partial charge in [-0.05, 0) is 42.9 Å². The van der Waals surface area contributed by atoms with Gasteiger partial charge >= 0.3 is 0 Å². The van der Waals surface area contributed by atoms with E-state index in [4.69, 9.17) is 9.47 Å². The average molecular weight is 342 g/mol. The van der Waals surface area contributed by atoms with Gasteiger partial charge in [0.25, 0.3) is 0 Å². The molecule has 2 aromatic carbocycles. The van der Waals surface area contributed by atoms with Crippen LogP contribution < -0.4 is 14.8 Å². The predicted molar refractivity (Wildman–Crippen MR) is 98.9 cm³/mol. The second-order valence-electron chi connectivity index (χ2n) is 6.20. The Morgan fingerprint density at radius 3 is 2.12 bits per heavy atom. The van der Waals surface area contributed by atoms with E-state index in [1.54, 1.807) is 14.2 Å². The lowest BCUT2D eigenvalue weighted by atomic mass is 10.1. The first-order chi connectivity index (χ1) is 12.0. The number of rotatable bonds is 8. The number of ether oxygens (including phenoxy) is 2. The molecule has 5 heteroatoms. The van der Waals surface area contributed by atoms with Crippen molar-refractivity contribution < 1.29 is 14.3 Å². The summed E-state index contributed by atoms with van der Waals surface area (Å²) < 4.78 is 10.5. The van der Waals surface area contributed by atoms with Crippen LogP contribution in [0.5, 0.6) is 11.5 Å². The van der Waals surface area contributed by atoms with Gasteiger partial charge in [0.1, 0.15) is 0 Å². The van der Waals surface area contributed by atoms with Gasteiger partial charge < -0.3 is 19.7 Å². The third kappa shape index (κ3) is 5.80. The average Bonchev–Trinajstić information content (AvgIpc) is 2.60. The number of hydrogen-bond acceptors (Lipinski definition) is 4. The Labute approximate surface area is 149 Å². The monoisotopic (exact) mass is 342 g/mol. The van der Waals surface area contributed by atoms with Gasteiger partial charge in [0.2, 0.25) is 5.91 Å². The summed E-state index contributed by atoms with van der Waals surface area (Å²) in [6.45, 7) is 1.43. The largest absolute Gasteiger partial charge is 0.493 e. The molecule has 134 valence electrons. The summed E-state index contributed by atoms with van der Waals surface area (Å²) in [6.07, 6.45) is 0.305. The number of hydrogen-bond donors (Lipinski definition) is 1. The van der Waals surface area contributed by atoms with Crippen molar-refractivity contribution >= 4 is 5.91 Å². The molecule has 1 N–H and O–H groups in total. The molecule has 25 heavy (non-hydrogen) atoms. The number of carbonyl (C=O) groups is 1. The molecular weight excluding hydrogens is 316 g/mol. The molecule has 0 fully saturated rings. The molecule has 2 rings (SSSR count). The minimum absolute atomic E-state index is 0.0235. The van der Waals surface area contributed by atoms with Crippen LogP contribution in [0, 0.1) is 0 Å². The van der Waals surface area contributed by atoms with Gasteiger partial charge in [0.15, 0.2) is 11.5 Å². The molecule has 0 atom stereocenters. The van der Waals surface area contributed by atoms with E-state index in [1.165, 1.54) is 5.56 Å². The fourth-order valence-electron chi connectivity index (χ4n) is 2.57. The molecule has 5 nitrogen and oxygen atoms in total. The van der Waals surface area contributed by atoms with Gasteiger partial charge in [-0.3, -0.25) is 4.79 Å². The van der Waals surface area contributed by atoms with Gasteiger partial charge in [0, 0.05) is 13.1 Å². The van der Waals surface area contributed by atoms with Crippen molar-refractivity contribution in [2.24, 2.45) is 0 Å². The van der Waals surface area contributed by atoms with Crippen LogP contribution in [0.4, 0.5) is 0 Å². The molecule has 0 aliphatic rings. The van der Waals surface area contributed by atoms with Crippen LogP contribution in [0.2, 0.25) is 0 Å². The number of benzene rings is 2. The van der Waals surface area contributed by atoms with E-state index in [0.717, 1.165) is 17.7 Å². The Hall–Kier alpha value is -2.53. The molecule has 0 radical (unpaired) electrons. The summed E-state index contributed by atoms with van der Waals surface area (Å²) in [7, 11) is 7.26. The summed E-state index contributed by atoms with van der Waals surface area (Å²) in [5.74, 6) is 1.26. The van der Waals surface area contributed by atoms with Crippen LogP contribution in [-0.4, -0.2) is 39.1 Å². The first kappa shape index (κ1) is 18.8. The zero-order valence-electron chi connectivity index (χ0n) is 15.3. The SMILES string of the molecule is COc1ccc(CC(=O)NCc2ccc(CN(C)C)cc2)cc1OC. The number of nitrogens with one attached hydrogen (secondary N) is 1. The summed E-state index contributed by atoms with van der Waals surface area (Å²) in [4.78, 5) is 14.3. The maximum absolute atomic E-state index is 12.2. The Morgan fingerprint density at radius 2 is 1.52 bits per heavy atom. The number of carbonyl (C=O) groups excluding carboxylic acids is 1. The Balaban J connectivity index is 1.88. The van der Waals surface area contributed by atoms with Crippen LogP contribution in [-0.2, 0) is 24.3 Å². The van der Waals surface area contributed by atoms with Crippen molar-refractivity contribution in [1.29, 1.82) is 0 Å². The van der Waals surface area contributed by atoms with Crippen LogP contribution in [0.1, 0.15) is 16.7 Å². The highest BCUT2D eigenvalue weighted by atomic mass is 16.5. The number of amides is 1. The fourth-order valence-corrected chi connectivity index (χ4v) is 2.57. The molecule has 0 saturated heterocycles. The highest BCUT2D eigenvalue weighted by molar-refractivity contribution is 5.78. The lowest BCUT2D eigenvalue weighted by Crippen LogP contribution is -2.24. The molecule has 0 bridgehead atoms. The van der Waals surface area contributed by atoms with Crippen molar-refractivity contribution in [1.82, 2.24) is 10.2 Å². The van der Waals surface area contributed by atoms with Crippen LogP contribution >= 0.6 is 0 Å². The quantitative estimate of drug-likeness (QED) is 0.801. The predicted octanol–water partition coefficient (Wildman–Crippen LogP) is 2.62. The Kier molecular flexibility index (Phi) is 6.83. The molecule has 0 aromatic heterocycles. The van der Waals surface area contributed by atoms with Crippen molar-refractivity contribution in [3.05, 3.63) is 59.2 Å². The van der Waals surface area contributed by atoms with Gasteiger partial charge in [0.05, 0.1) is 20.6 Å². The topological polar surface area (TPSA) is 50.8 Å². The van der Waals surface area contributed by atoms with E-state index in [-0.39, 0.29) is 5.91 Å². The normalized spacial score (nSPS) is 10.6. The second-order valence-corrected chi connectivity index (χ2v) is 6.20. The van der Waals surface area contributed by atoms with Crippen LogP contribution in [0.15, 0.2) is 42.5 Å². The molecule has 0 aliphatic heterocycles. The summed E-state index contributed by atoms with van der Waals surface area (Å²) >= 11 is 0. The number of nitrogens with zero attached hydrogens (tertiary/aromatic N) is 1. The van der Waals surface area contributed by atoms with Gasteiger partial charge in [-0.2, -0.15) is 0 Å². The third-order valence-corrected chi connectivity index (χ3v) is 3.82. The third-order valence-electron chi connectivity index (χ3n) is 3.82. The van der Waals surface area contributed by atoms with E-state index < -0.39 is 0 Å². The van der Waals surface area contributed by atoms with Crippen LogP contribution in [0.3, 0.4) is 0 Å². The zero-order valence-corrected chi connectivity index (χ0v) is 15.3. The summed E-state index contributed by atoms with van der Waals surface area (Å²) in [6, 6.07) is 13.8. The minimum atomic E-state index is -0.0235. The van der Waals surface area contributed by atoms with Crippen molar-refractivity contribution in [2.75, 3.05) is 28.3 Å². The molecule has 0 unspecified atom stereocenters. The lowest BCUT2D eigenvalue weighted by Gasteiger charge is -2.11. The zero-order chi connectivity index (χ0) is 18.2. The van der Waals surface area contributed by atoms with E-state index in [2.05, 4.69) is 34.5 Å². The van der Waals surface area contributed by atoms with Crippen molar-refractivity contribution in [3.8, 4) is 11.5 Å². The molecule has 1 amide bonds. The van der Waals surface area contributed by atoms with E-state index >= 15 is 0 Å². The molecule has 0 aliphatic carbocycles. The standard InChI is InChI=1S/C20H26N2O3/c1-22(2)14-16-7-5-15(6-8-16)13-21-20(23)12-17-9-10-18(24-3)19(11-17)25-4/h5-11H,12-14H2,1-4H3,(H,21,23). The first-order valence-corrected chi connectivity index (χ1v) is 8.22. The Morgan fingerprint density at radius 1 is 0.920 bits per heavy atom. The van der Waals surface area contributed by atoms with Crippen LogP contribution in [0.25, 0.3) is 0 Å². The summed E-state index contributed by atoms with van der Waals surface area (Å²) in [5, 5.41) is 2.95. The van der Waals surface area contributed by atoms with Gasteiger partial charge in [-0.25, -0.2) is 0 Å². The first-order valence-electron chi connectivity index (χ1n) is 8.22. The van der Waals surface area contributed by atoms with E-state index in [1.807, 2.05) is 32.3 Å². The molecule has 0 heterocycles. The Bertz CT molecular complexity index is 697. The highest BCUT2D eigenvalue weighted by Crippen LogP contribution is 2.27. The molecule has 2 aromatic rings. The maximum Gasteiger partial charge on any atom is 0.224 e. The molecule has 0 saturated carbocycles. The minimum Gasteiger partial charge on any atom is -0.493 e. The number of methoxy groups -OCH3 is 2. The summed E-state index contributed by atoms with van der Waals surface area (Å²) in [5.41, 5.74) is 3.23. The van der Waals surface area contributed by atoms with E-state index in [0.29, 0.717) is 24.5 Å². The van der Waals surface area contributed by atoms with Gasteiger partial charge in [-0.1, -0.05) is 30.3 Å². The van der Waals surface area contributed by atoms with Crippen molar-refractivity contribution in [2.45, 2.75) is 19.5 Å². The second kappa shape index (κ2) is 9.08.